The molecule has 3 amide bonds. The number of carbonyl (C=O) groups excluding carboxylic acids is 3. The average Bonchev–Trinajstić information content (AvgIpc) is 3.26. The van der Waals surface area contributed by atoms with Crippen LogP contribution in [0.25, 0.3) is 0 Å². The minimum atomic E-state index is -4.63. The summed E-state index contributed by atoms with van der Waals surface area (Å²) in [7, 11) is -1.73. The smallest absolute Gasteiger partial charge is 0.416 e. The van der Waals surface area contributed by atoms with Gasteiger partial charge in [-0.1, -0.05) is 0 Å². The van der Waals surface area contributed by atoms with Crippen LogP contribution in [0.1, 0.15) is 48.0 Å². The number of urea groups is 1. The molecule has 2 aromatic carbocycles. The Hall–Kier alpha value is -3.93. The summed E-state index contributed by atoms with van der Waals surface area (Å²) in [6.45, 7) is 0.802. The molecule has 4 rings (SSSR count). The van der Waals surface area contributed by atoms with Crippen LogP contribution in [0.15, 0.2) is 41.3 Å². The van der Waals surface area contributed by atoms with Crippen LogP contribution in [0, 0.1) is 0 Å². The maximum absolute atomic E-state index is 13.2. The number of carbonyl (C=O) groups is 3. The second-order valence-electron chi connectivity index (χ2n) is 11.4. The maximum Gasteiger partial charge on any atom is 0.416 e. The van der Waals surface area contributed by atoms with Crippen molar-refractivity contribution in [1.82, 2.24) is 15.1 Å². The van der Waals surface area contributed by atoms with Crippen LogP contribution >= 0.6 is 0 Å². The standard InChI is InChI=1S/C30H37F3N4O9S/c1-45-25-16-26(46-2)23(35-47(43,44)21-8-6-19(7-9-21)30(31,32)33)15-22(25)24(40)5-3-4-12-36-13-10-29(11-14-36)27(41)37(28(42)34-29)17-20(39)18-38/h6-9,15-16,20,35,38-39H,3-5,10-14,17-18H2,1-2H3,(H,34,42)/t20-/m0/s1. The van der Waals surface area contributed by atoms with Crippen molar-refractivity contribution in [3.05, 3.63) is 47.5 Å². The summed E-state index contributed by atoms with van der Waals surface area (Å²) in [4.78, 5) is 41.1. The molecule has 47 heavy (non-hydrogen) atoms. The van der Waals surface area contributed by atoms with Gasteiger partial charge < -0.3 is 29.9 Å². The Balaban J connectivity index is 1.34. The zero-order valence-electron chi connectivity index (χ0n) is 25.8. The number of methoxy groups -OCH3 is 2. The zero-order chi connectivity index (χ0) is 34.6. The van der Waals surface area contributed by atoms with Gasteiger partial charge in [-0.25, -0.2) is 13.2 Å². The van der Waals surface area contributed by atoms with Crippen LogP contribution in [0.2, 0.25) is 0 Å². The predicted octanol–water partition coefficient (Wildman–Crippen LogP) is 2.62. The molecule has 0 unspecified atom stereocenters. The Morgan fingerprint density at radius 2 is 1.70 bits per heavy atom. The molecular weight excluding hydrogens is 649 g/mol. The molecule has 0 aromatic heterocycles. The minimum absolute atomic E-state index is 0.0291. The first kappa shape index (κ1) is 35.9. The normalized spacial score (nSPS) is 17.5. The number of β-amino-alcohol motifs (C(OH)–C–C–N with tert-alkyl or cyclic N) is 1. The molecule has 1 spiro atoms. The third kappa shape index (κ3) is 8.14. The number of benzene rings is 2. The number of piperidine rings is 1. The highest BCUT2D eigenvalue weighted by atomic mass is 32.2. The molecule has 0 radical (unpaired) electrons. The number of ether oxygens (including phenoxy) is 2. The lowest BCUT2D eigenvalue weighted by molar-refractivity contribution is -0.137. The number of nitrogens with zero attached hydrogens (tertiary/aromatic N) is 2. The molecular formula is C30H37F3N4O9S. The van der Waals surface area contributed by atoms with E-state index in [0.717, 1.165) is 17.0 Å². The lowest BCUT2D eigenvalue weighted by Gasteiger charge is -2.37. The fourth-order valence-electron chi connectivity index (χ4n) is 5.59. The molecule has 2 aromatic rings. The topological polar surface area (TPSA) is 175 Å². The summed E-state index contributed by atoms with van der Waals surface area (Å²) in [5, 5.41) is 21.5. The summed E-state index contributed by atoms with van der Waals surface area (Å²) in [5.74, 6) is -0.577. The van der Waals surface area contributed by atoms with Gasteiger partial charge in [-0.15, -0.1) is 0 Å². The summed E-state index contributed by atoms with van der Waals surface area (Å²) < 4.78 is 77.7. The fourth-order valence-corrected chi connectivity index (χ4v) is 6.65. The first-order chi connectivity index (χ1) is 22.1. The number of halogens is 3. The molecule has 2 aliphatic heterocycles. The molecule has 2 saturated heterocycles. The van der Waals surface area contributed by atoms with E-state index in [-0.39, 0.29) is 41.5 Å². The van der Waals surface area contributed by atoms with Crippen LogP contribution in [-0.2, 0) is 21.0 Å². The quantitative estimate of drug-likeness (QED) is 0.131. The van der Waals surface area contributed by atoms with Gasteiger partial charge in [-0.3, -0.25) is 19.2 Å². The first-order valence-electron chi connectivity index (χ1n) is 14.8. The Labute approximate surface area is 269 Å². The molecule has 1 atom stereocenters. The Morgan fingerprint density at radius 3 is 2.28 bits per heavy atom. The number of aliphatic hydroxyl groups excluding tert-OH is 2. The van der Waals surface area contributed by atoms with Crippen molar-refractivity contribution in [2.75, 3.05) is 51.7 Å². The maximum atomic E-state index is 13.2. The molecule has 2 fully saturated rings. The largest absolute Gasteiger partial charge is 0.496 e. The van der Waals surface area contributed by atoms with Gasteiger partial charge >= 0.3 is 12.2 Å². The van der Waals surface area contributed by atoms with Crippen molar-refractivity contribution in [3.63, 3.8) is 0 Å². The van der Waals surface area contributed by atoms with Crippen molar-refractivity contribution in [3.8, 4) is 11.5 Å². The summed E-state index contributed by atoms with van der Waals surface area (Å²) in [6.07, 6.45) is -3.91. The van der Waals surface area contributed by atoms with Gasteiger partial charge in [-0.2, -0.15) is 13.2 Å². The van der Waals surface area contributed by atoms with Crippen molar-refractivity contribution < 1.29 is 55.7 Å². The molecule has 0 saturated carbocycles. The number of alkyl halides is 3. The average molecular weight is 687 g/mol. The first-order valence-corrected chi connectivity index (χ1v) is 16.3. The van der Waals surface area contributed by atoms with Gasteiger partial charge in [0.25, 0.3) is 15.9 Å². The van der Waals surface area contributed by atoms with E-state index in [9.17, 15) is 41.1 Å². The highest BCUT2D eigenvalue weighted by Gasteiger charge is 2.52. The molecule has 258 valence electrons. The van der Waals surface area contributed by atoms with Crippen molar-refractivity contribution in [1.29, 1.82) is 0 Å². The van der Waals surface area contributed by atoms with E-state index < -0.39 is 56.8 Å². The number of Topliss-reactive ketones (excluding diaryl/α,β-unsaturated/α-hetero) is 1. The Bertz CT molecular complexity index is 1580. The number of anilines is 1. The van der Waals surface area contributed by atoms with Crippen molar-refractivity contribution in [2.45, 2.75) is 54.8 Å². The lowest BCUT2D eigenvalue weighted by Crippen LogP contribution is -2.55. The van der Waals surface area contributed by atoms with Crippen LogP contribution in [0.5, 0.6) is 11.5 Å². The third-order valence-electron chi connectivity index (χ3n) is 8.25. The lowest BCUT2D eigenvalue weighted by atomic mass is 9.87. The number of rotatable bonds is 14. The summed E-state index contributed by atoms with van der Waals surface area (Å²) in [6, 6.07) is 4.98. The SMILES string of the molecule is COc1cc(OC)c(C(=O)CCCCN2CCC3(CC2)NC(=O)N(C[C@H](O)CO)C3=O)cc1NS(=O)(=O)c1ccc(C(F)(F)F)cc1. The van der Waals surface area contributed by atoms with E-state index in [4.69, 9.17) is 14.6 Å². The van der Waals surface area contributed by atoms with E-state index in [0.29, 0.717) is 57.5 Å². The predicted molar refractivity (Wildman–Crippen MR) is 162 cm³/mol. The molecule has 13 nitrogen and oxygen atoms in total. The number of aliphatic hydroxyl groups is 2. The van der Waals surface area contributed by atoms with Crippen molar-refractivity contribution >= 4 is 33.4 Å². The van der Waals surface area contributed by atoms with Crippen molar-refractivity contribution in [2.24, 2.45) is 0 Å². The van der Waals surface area contributed by atoms with Gasteiger partial charge in [0.2, 0.25) is 0 Å². The number of hydrogen-bond acceptors (Lipinski definition) is 10. The van der Waals surface area contributed by atoms with E-state index in [1.807, 2.05) is 0 Å². The van der Waals surface area contributed by atoms with Crippen LogP contribution in [0.4, 0.5) is 23.7 Å². The molecule has 0 bridgehead atoms. The molecule has 4 N–H and O–H groups in total. The van der Waals surface area contributed by atoms with E-state index in [2.05, 4.69) is 14.9 Å². The van der Waals surface area contributed by atoms with Gasteiger partial charge in [0.15, 0.2) is 5.78 Å². The Morgan fingerprint density at radius 1 is 1.06 bits per heavy atom. The summed E-state index contributed by atoms with van der Waals surface area (Å²) in [5.41, 5.74) is -2.06. The van der Waals surface area contributed by atoms with Gasteiger partial charge in [-0.05, 0) is 62.6 Å². The Kier molecular flexibility index (Phi) is 11.0. The van der Waals surface area contributed by atoms with E-state index >= 15 is 0 Å². The van der Waals surface area contributed by atoms with E-state index in [1.165, 1.54) is 26.4 Å². The molecule has 2 heterocycles. The number of imide groups is 1. The summed E-state index contributed by atoms with van der Waals surface area (Å²) >= 11 is 0. The highest BCUT2D eigenvalue weighted by Crippen LogP contribution is 2.36. The second-order valence-corrected chi connectivity index (χ2v) is 13.0. The van der Waals surface area contributed by atoms with Crippen LogP contribution < -0.4 is 19.5 Å². The highest BCUT2D eigenvalue weighted by molar-refractivity contribution is 7.92. The molecule has 0 aliphatic carbocycles. The fraction of sp³-hybridized carbons (Fsp3) is 0.500. The van der Waals surface area contributed by atoms with Gasteiger partial charge in [0.05, 0.1) is 55.2 Å². The number of likely N-dealkylation sites (tertiary alicyclic amines) is 1. The number of hydrogen-bond donors (Lipinski definition) is 4. The van der Waals surface area contributed by atoms with Gasteiger partial charge in [0.1, 0.15) is 17.0 Å². The third-order valence-corrected chi connectivity index (χ3v) is 9.63. The number of ketones is 1. The van der Waals surface area contributed by atoms with Crippen LogP contribution in [0.3, 0.4) is 0 Å². The molecule has 17 heteroatoms. The van der Waals surface area contributed by atoms with Gasteiger partial charge in [0, 0.05) is 25.6 Å². The minimum Gasteiger partial charge on any atom is -0.496 e. The zero-order valence-corrected chi connectivity index (χ0v) is 26.6. The molecule has 2 aliphatic rings. The monoisotopic (exact) mass is 686 g/mol. The number of amides is 3. The second kappa shape index (κ2) is 14.5. The number of nitrogens with one attached hydrogen (secondary N) is 2. The van der Waals surface area contributed by atoms with E-state index in [1.54, 1.807) is 0 Å². The van der Waals surface area contributed by atoms with Crippen LogP contribution in [-0.4, -0.2) is 105 Å². The number of unbranched alkanes of at least 4 members (excludes halogenated alkanes) is 1. The number of sulfonamides is 1.